The minimum Gasteiger partial charge on any atom is -0.325 e. The number of alkyl halides is 3. The van der Waals surface area contributed by atoms with Crippen LogP contribution in [0.4, 0.5) is 24.8 Å². The number of hydrogen-bond acceptors (Lipinski definition) is 2. The monoisotopic (exact) mass is 347 g/mol. The van der Waals surface area contributed by atoms with Crippen LogP contribution in [0.1, 0.15) is 25.5 Å². The highest BCUT2D eigenvalue weighted by molar-refractivity contribution is 9.10. The molecule has 1 heterocycles. The van der Waals surface area contributed by atoms with Crippen molar-refractivity contribution in [2.75, 3.05) is 5.32 Å². The molecule has 0 bridgehead atoms. The van der Waals surface area contributed by atoms with Crippen molar-refractivity contribution in [3.05, 3.63) is 40.6 Å². The Kier molecular flexibility index (Phi) is 4.08. The van der Waals surface area contributed by atoms with Crippen LogP contribution in [0, 0.1) is 0 Å². The summed E-state index contributed by atoms with van der Waals surface area (Å²) < 4.78 is 40.6. The summed E-state index contributed by atoms with van der Waals surface area (Å²) in [7, 11) is 0. The van der Waals surface area contributed by atoms with E-state index < -0.39 is 11.7 Å². The molecule has 0 radical (unpaired) electrons. The van der Waals surface area contributed by atoms with Crippen molar-refractivity contribution in [1.82, 2.24) is 9.55 Å². The molecule has 0 amide bonds. The summed E-state index contributed by atoms with van der Waals surface area (Å²) in [4.78, 5) is 4.12. The van der Waals surface area contributed by atoms with E-state index in [-0.39, 0.29) is 6.04 Å². The van der Waals surface area contributed by atoms with Gasteiger partial charge < -0.3 is 9.88 Å². The molecule has 108 valence electrons. The van der Waals surface area contributed by atoms with Crippen LogP contribution >= 0.6 is 15.9 Å². The molecule has 0 atom stereocenters. The van der Waals surface area contributed by atoms with Crippen molar-refractivity contribution in [3.8, 4) is 0 Å². The van der Waals surface area contributed by atoms with E-state index in [2.05, 4.69) is 26.2 Å². The largest absolute Gasteiger partial charge is 0.416 e. The van der Waals surface area contributed by atoms with Crippen molar-refractivity contribution in [3.63, 3.8) is 0 Å². The molecule has 2 rings (SSSR count). The normalized spacial score (nSPS) is 11.9. The Morgan fingerprint density at radius 3 is 2.60 bits per heavy atom. The van der Waals surface area contributed by atoms with Gasteiger partial charge in [0.25, 0.3) is 0 Å². The van der Waals surface area contributed by atoms with E-state index in [0.717, 1.165) is 12.1 Å². The molecular weight excluding hydrogens is 335 g/mol. The number of nitrogens with zero attached hydrogens (tertiary/aromatic N) is 2. The number of anilines is 2. The molecule has 3 nitrogen and oxygen atoms in total. The Morgan fingerprint density at radius 1 is 1.30 bits per heavy atom. The lowest BCUT2D eigenvalue weighted by Gasteiger charge is -2.15. The first-order chi connectivity index (χ1) is 9.29. The van der Waals surface area contributed by atoms with Crippen molar-refractivity contribution in [2.45, 2.75) is 26.1 Å². The van der Waals surface area contributed by atoms with Crippen LogP contribution in [0.25, 0.3) is 0 Å². The molecule has 20 heavy (non-hydrogen) atoms. The molecule has 0 aliphatic rings. The van der Waals surface area contributed by atoms with Crippen LogP contribution in [0.5, 0.6) is 0 Å². The third-order valence-electron chi connectivity index (χ3n) is 2.77. The summed E-state index contributed by atoms with van der Waals surface area (Å²) in [6.45, 7) is 3.93. The predicted molar refractivity (Wildman–Crippen MR) is 75.0 cm³/mol. The van der Waals surface area contributed by atoms with Crippen molar-refractivity contribution in [2.24, 2.45) is 0 Å². The van der Waals surface area contributed by atoms with Crippen LogP contribution in [-0.2, 0) is 6.18 Å². The Labute approximate surface area is 123 Å². The maximum Gasteiger partial charge on any atom is 0.416 e. The lowest BCUT2D eigenvalue weighted by Crippen LogP contribution is -2.08. The van der Waals surface area contributed by atoms with Gasteiger partial charge in [0.1, 0.15) is 0 Å². The number of hydrogen-bond donors (Lipinski definition) is 1. The molecule has 1 aromatic heterocycles. The third-order valence-corrected chi connectivity index (χ3v) is 3.46. The molecule has 2 aromatic rings. The Hall–Kier alpha value is -1.50. The summed E-state index contributed by atoms with van der Waals surface area (Å²) in [6.07, 6.45) is -0.997. The Balaban J connectivity index is 2.36. The number of benzene rings is 1. The number of nitrogens with one attached hydrogen (secondary N) is 1. The van der Waals surface area contributed by atoms with Gasteiger partial charge >= 0.3 is 6.18 Å². The van der Waals surface area contributed by atoms with Gasteiger partial charge in [-0.05, 0) is 48.0 Å². The Morgan fingerprint density at radius 2 is 2.00 bits per heavy atom. The predicted octanol–water partition coefficient (Wildman–Crippen LogP) is 4.99. The number of rotatable bonds is 3. The summed E-state index contributed by atoms with van der Waals surface area (Å²) in [6, 6.07) is 3.62. The molecule has 0 saturated carbocycles. The van der Waals surface area contributed by atoms with E-state index in [1.807, 2.05) is 18.4 Å². The number of imidazole rings is 1. The van der Waals surface area contributed by atoms with Gasteiger partial charge in [0, 0.05) is 22.9 Å². The average molecular weight is 348 g/mol. The van der Waals surface area contributed by atoms with Gasteiger partial charge in [-0.1, -0.05) is 0 Å². The smallest absolute Gasteiger partial charge is 0.325 e. The second kappa shape index (κ2) is 5.47. The zero-order valence-corrected chi connectivity index (χ0v) is 12.5. The lowest BCUT2D eigenvalue weighted by molar-refractivity contribution is -0.137. The highest BCUT2D eigenvalue weighted by Gasteiger charge is 2.31. The fourth-order valence-electron chi connectivity index (χ4n) is 1.74. The van der Waals surface area contributed by atoms with Gasteiger partial charge in [0.2, 0.25) is 5.95 Å². The summed E-state index contributed by atoms with van der Waals surface area (Å²) in [5.74, 6) is 0.500. The molecule has 0 unspecified atom stereocenters. The fourth-order valence-corrected chi connectivity index (χ4v) is 2.09. The molecule has 0 spiro atoms. The van der Waals surface area contributed by atoms with E-state index in [0.29, 0.717) is 16.1 Å². The molecule has 7 heteroatoms. The fraction of sp³-hybridized carbons (Fsp3) is 0.308. The van der Waals surface area contributed by atoms with E-state index in [4.69, 9.17) is 0 Å². The van der Waals surface area contributed by atoms with E-state index in [1.165, 1.54) is 6.07 Å². The van der Waals surface area contributed by atoms with E-state index in [1.54, 1.807) is 12.4 Å². The first-order valence-corrected chi connectivity index (χ1v) is 6.75. The van der Waals surface area contributed by atoms with Crippen molar-refractivity contribution in [1.29, 1.82) is 0 Å². The van der Waals surface area contributed by atoms with E-state index >= 15 is 0 Å². The molecule has 0 aliphatic carbocycles. The van der Waals surface area contributed by atoms with Crippen LogP contribution in [0.2, 0.25) is 0 Å². The summed E-state index contributed by atoms with van der Waals surface area (Å²) >= 11 is 3.24. The molecule has 0 saturated heterocycles. The molecular formula is C13H13BrF3N3. The maximum absolute atomic E-state index is 12.7. The zero-order valence-electron chi connectivity index (χ0n) is 10.9. The molecule has 0 fully saturated rings. The first-order valence-electron chi connectivity index (χ1n) is 5.95. The van der Waals surface area contributed by atoms with Gasteiger partial charge in [-0.3, -0.25) is 0 Å². The van der Waals surface area contributed by atoms with Gasteiger partial charge in [-0.2, -0.15) is 13.2 Å². The number of halogens is 4. The van der Waals surface area contributed by atoms with Crippen molar-refractivity contribution >= 4 is 27.6 Å². The van der Waals surface area contributed by atoms with Gasteiger partial charge in [0.05, 0.1) is 11.3 Å². The molecule has 0 aliphatic heterocycles. The van der Waals surface area contributed by atoms with Gasteiger partial charge in [-0.25, -0.2) is 4.98 Å². The third kappa shape index (κ3) is 3.15. The zero-order chi connectivity index (χ0) is 14.9. The quantitative estimate of drug-likeness (QED) is 0.847. The first kappa shape index (κ1) is 14.9. The van der Waals surface area contributed by atoms with Gasteiger partial charge in [-0.15, -0.1) is 0 Å². The van der Waals surface area contributed by atoms with Crippen LogP contribution < -0.4 is 5.32 Å². The summed E-state index contributed by atoms with van der Waals surface area (Å²) in [5, 5.41) is 2.92. The molecule has 1 aromatic carbocycles. The average Bonchev–Trinajstić information content (AvgIpc) is 2.78. The van der Waals surface area contributed by atoms with E-state index in [9.17, 15) is 13.2 Å². The van der Waals surface area contributed by atoms with Gasteiger partial charge in [0.15, 0.2) is 0 Å². The standard InChI is InChI=1S/C13H13BrF3N3/c1-8(2)20-6-5-18-12(20)19-11-7-9(13(15,16)17)3-4-10(11)14/h3-8H,1-2H3,(H,18,19). The highest BCUT2D eigenvalue weighted by atomic mass is 79.9. The van der Waals surface area contributed by atoms with Crippen molar-refractivity contribution < 1.29 is 13.2 Å². The second-order valence-corrected chi connectivity index (χ2v) is 5.42. The topological polar surface area (TPSA) is 29.9 Å². The van der Waals surface area contributed by atoms with Crippen LogP contribution in [-0.4, -0.2) is 9.55 Å². The lowest BCUT2D eigenvalue weighted by atomic mass is 10.2. The van der Waals surface area contributed by atoms with Crippen LogP contribution in [0.15, 0.2) is 35.1 Å². The minimum absolute atomic E-state index is 0.157. The Bertz CT molecular complexity index is 605. The van der Waals surface area contributed by atoms with Crippen LogP contribution in [0.3, 0.4) is 0 Å². The SMILES string of the molecule is CC(C)n1ccnc1Nc1cc(C(F)(F)F)ccc1Br. The minimum atomic E-state index is -4.37. The number of aromatic nitrogens is 2. The molecule has 1 N–H and O–H groups in total. The maximum atomic E-state index is 12.7. The highest BCUT2D eigenvalue weighted by Crippen LogP contribution is 2.35. The summed E-state index contributed by atoms with van der Waals surface area (Å²) in [5.41, 5.74) is -0.376. The second-order valence-electron chi connectivity index (χ2n) is 4.57.